The first kappa shape index (κ1) is 12.3. The number of hydrogen-bond donors (Lipinski definition) is 2. The van der Waals surface area contributed by atoms with Crippen molar-refractivity contribution in [2.24, 2.45) is 11.7 Å². The van der Waals surface area contributed by atoms with Gasteiger partial charge in [0.05, 0.1) is 0 Å². The van der Waals surface area contributed by atoms with Crippen molar-refractivity contribution in [3.8, 4) is 0 Å². The van der Waals surface area contributed by atoms with Crippen LogP contribution in [0.3, 0.4) is 0 Å². The molecule has 0 aromatic rings. The predicted molar refractivity (Wildman–Crippen MR) is 66.4 cm³/mol. The van der Waals surface area contributed by atoms with Crippen LogP contribution < -0.4 is 11.1 Å². The summed E-state index contributed by atoms with van der Waals surface area (Å²) in [6.45, 7) is 5.22. The zero-order valence-corrected chi connectivity index (χ0v) is 10.5. The number of nitrogens with one attached hydrogen (secondary N) is 1. The monoisotopic (exact) mass is 226 g/mol. The molecule has 1 saturated carbocycles. The summed E-state index contributed by atoms with van der Waals surface area (Å²) in [6.07, 6.45) is 7.47. The molecule has 0 bridgehead atoms. The lowest BCUT2D eigenvalue weighted by atomic mass is 9.83. The molecule has 2 unspecified atom stereocenters. The van der Waals surface area contributed by atoms with E-state index in [1.807, 2.05) is 0 Å². The van der Waals surface area contributed by atoms with E-state index >= 15 is 0 Å². The smallest absolute Gasteiger partial charge is 0.0483 e. The highest BCUT2D eigenvalue weighted by Gasteiger charge is 2.29. The van der Waals surface area contributed by atoms with Crippen molar-refractivity contribution in [3.63, 3.8) is 0 Å². The van der Waals surface area contributed by atoms with Crippen LogP contribution in [0.4, 0.5) is 0 Å². The van der Waals surface area contributed by atoms with Crippen molar-refractivity contribution in [3.05, 3.63) is 0 Å². The molecule has 3 heteroatoms. The third-order valence-electron chi connectivity index (χ3n) is 4.36. The highest BCUT2D eigenvalue weighted by molar-refractivity contribution is 4.88. The fraction of sp³-hybridized carbons (Fsp3) is 1.00. The molecule has 16 heavy (non-hydrogen) atoms. The zero-order chi connectivity index (χ0) is 11.4. The van der Waals surface area contributed by atoms with Crippen molar-refractivity contribution < 1.29 is 4.74 Å². The molecule has 1 saturated heterocycles. The minimum atomic E-state index is 0.287. The molecule has 0 radical (unpaired) electrons. The van der Waals surface area contributed by atoms with E-state index in [0.717, 1.165) is 32.6 Å². The van der Waals surface area contributed by atoms with E-state index in [-0.39, 0.29) is 5.54 Å². The summed E-state index contributed by atoms with van der Waals surface area (Å²) >= 11 is 0. The first-order valence-corrected chi connectivity index (χ1v) is 6.78. The van der Waals surface area contributed by atoms with Gasteiger partial charge in [-0.2, -0.15) is 0 Å². The van der Waals surface area contributed by atoms with Crippen LogP contribution in [0.25, 0.3) is 0 Å². The Morgan fingerprint density at radius 1 is 1.25 bits per heavy atom. The third-order valence-corrected chi connectivity index (χ3v) is 4.36. The number of nitrogens with two attached hydrogens (primary N) is 1. The Bertz CT molecular complexity index is 214. The van der Waals surface area contributed by atoms with Crippen molar-refractivity contribution in [1.82, 2.24) is 5.32 Å². The van der Waals surface area contributed by atoms with Gasteiger partial charge in [0, 0.05) is 24.8 Å². The Kier molecular flexibility index (Phi) is 4.22. The molecule has 1 aliphatic heterocycles. The minimum Gasteiger partial charge on any atom is -0.381 e. The van der Waals surface area contributed by atoms with Crippen LogP contribution >= 0.6 is 0 Å². The lowest BCUT2D eigenvalue weighted by molar-refractivity contribution is 0.0425. The number of rotatable bonds is 3. The van der Waals surface area contributed by atoms with Gasteiger partial charge in [0.25, 0.3) is 0 Å². The molecule has 94 valence electrons. The molecule has 2 fully saturated rings. The topological polar surface area (TPSA) is 47.3 Å². The predicted octanol–water partition coefficient (Wildman–Crippen LogP) is 1.66. The maximum absolute atomic E-state index is 6.17. The summed E-state index contributed by atoms with van der Waals surface area (Å²) in [5, 5.41) is 3.74. The van der Waals surface area contributed by atoms with Crippen molar-refractivity contribution >= 4 is 0 Å². The largest absolute Gasteiger partial charge is 0.381 e. The van der Waals surface area contributed by atoms with Gasteiger partial charge in [-0.1, -0.05) is 12.8 Å². The van der Waals surface area contributed by atoms with Crippen LogP contribution in [0.5, 0.6) is 0 Å². The molecule has 0 aromatic carbocycles. The van der Waals surface area contributed by atoms with E-state index < -0.39 is 0 Å². The van der Waals surface area contributed by atoms with E-state index in [2.05, 4.69) is 12.2 Å². The van der Waals surface area contributed by atoms with Crippen molar-refractivity contribution in [2.75, 3.05) is 19.8 Å². The first-order chi connectivity index (χ1) is 7.70. The Morgan fingerprint density at radius 3 is 2.62 bits per heavy atom. The molecule has 3 nitrogen and oxygen atoms in total. The van der Waals surface area contributed by atoms with Crippen molar-refractivity contribution in [2.45, 2.75) is 57.0 Å². The lowest BCUT2D eigenvalue weighted by Crippen LogP contribution is -2.51. The van der Waals surface area contributed by atoms with Gasteiger partial charge < -0.3 is 15.8 Å². The average Bonchev–Trinajstić information content (AvgIpc) is 2.29. The molecular formula is C13H26N2O. The summed E-state index contributed by atoms with van der Waals surface area (Å²) in [5.41, 5.74) is 6.46. The SMILES string of the molecule is CC1(NCC2CCCCC2N)CCOCC1. The van der Waals surface area contributed by atoms with Gasteiger partial charge >= 0.3 is 0 Å². The molecule has 3 N–H and O–H groups in total. The maximum atomic E-state index is 6.17. The molecule has 0 amide bonds. The summed E-state index contributed by atoms with van der Waals surface area (Å²) in [5.74, 6) is 0.688. The van der Waals surface area contributed by atoms with Crippen LogP contribution in [-0.2, 0) is 4.74 Å². The highest BCUT2D eigenvalue weighted by atomic mass is 16.5. The zero-order valence-electron chi connectivity index (χ0n) is 10.5. The Hall–Kier alpha value is -0.120. The molecule has 2 aliphatic rings. The third kappa shape index (κ3) is 3.19. The molecule has 0 spiro atoms. The van der Waals surface area contributed by atoms with Crippen LogP contribution in [-0.4, -0.2) is 31.3 Å². The normalized spacial score (nSPS) is 34.9. The van der Waals surface area contributed by atoms with Gasteiger partial charge in [-0.05, 0) is 45.1 Å². The van der Waals surface area contributed by atoms with E-state index in [4.69, 9.17) is 10.5 Å². The van der Waals surface area contributed by atoms with Crippen LogP contribution in [0, 0.1) is 5.92 Å². The average molecular weight is 226 g/mol. The molecule has 1 heterocycles. The van der Waals surface area contributed by atoms with E-state index in [9.17, 15) is 0 Å². The van der Waals surface area contributed by atoms with Gasteiger partial charge in [-0.3, -0.25) is 0 Å². The quantitative estimate of drug-likeness (QED) is 0.769. The standard InChI is InChI=1S/C13H26N2O/c1-13(6-8-16-9-7-13)15-10-11-4-2-3-5-12(11)14/h11-12,15H,2-10,14H2,1H3. The Balaban J connectivity index is 1.76. The first-order valence-electron chi connectivity index (χ1n) is 6.78. The highest BCUT2D eigenvalue weighted by Crippen LogP contribution is 2.25. The van der Waals surface area contributed by atoms with Gasteiger partial charge in [-0.15, -0.1) is 0 Å². The summed E-state index contributed by atoms with van der Waals surface area (Å²) < 4.78 is 5.41. The van der Waals surface area contributed by atoms with Gasteiger partial charge in [0.1, 0.15) is 0 Å². The fourth-order valence-corrected chi connectivity index (χ4v) is 2.87. The van der Waals surface area contributed by atoms with E-state index in [1.165, 1.54) is 25.7 Å². The van der Waals surface area contributed by atoms with Gasteiger partial charge in [0.2, 0.25) is 0 Å². The second-order valence-corrected chi connectivity index (χ2v) is 5.76. The van der Waals surface area contributed by atoms with Crippen LogP contribution in [0.15, 0.2) is 0 Å². The number of ether oxygens (including phenoxy) is 1. The molecule has 0 aromatic heterocycles. The van der Waals surface area contributed by atoms with Crippen LogP contribution in [0.1, 0.15) is 45.4 Å². The second-order valence-electron chi connectivity index (χ2n) is 5.76. The molecule has 1 aliphatic carbocycles. The summed E-state index contributed by atoms with van der Waals surface area (Å²) in [6, 6.07) is 0.421. The van der Waals surface area contributed by atoms with Gasteiger partial charge in [-0.25, -0.2) is 0 Å². The van der Waals surface area contributed by atoms with E-state index in [1.54, 1.807) is 0 Å². The van der Waals surface area contributed by atoms with Gasteiger partial charge in [0.15, 0.2) is 0 Å². The Morgan fingerprint density at radius 2 is 1.94 bits per heavy atom. The number of hydrogen-bond acceptors (Lipinski definition) is 3. The maximum Gasteiger partial charge on any atom is 0.0483 e. The second kappa shape index (κ2) is 5.48. The lowest BCUT2D eigenvalue weighted by Gasteiger charge is -2.38. The molecule has 2 atom stereocenters. The Labute approximate surface area is 99.1 Å². The fourth-order valence-electron chi connectivity index (χ4n) is 2.87. The van der Waals surface area contributed by atoms with Crippen LogP contribution in [0.2, 0.25) is 0 Å². The van der Waals surface area contributed by atoms with Crippen molar-refractivity contribution in [1.29, 1.82) is 0 Å². The van der Waals surface area contributed by atoms with E-state index in [0.29, 0.717) is 12.0 Å². The minimum absolute atomic E-state index is 0.287. The molecular weight excluding hydrogens is 200 g/mol. The summed E-state index contributed by atoms with van der Waals surface area (Å²) in [4.78, 5) is 0. The molecule has 2 rings (SSSR count). The summed E-state index contributed by atoms with van der Waals surface area (Å²) in [7, 11) is 0.